The zero-order valence-corrected chi connectivity index (χ0v) is 15.6. The number of thioether (sulfide) groups is 1. The Morgan fingerprint density at radius 3 is 3.00 bits per heavy atom. The molecule has 3 heterocycles. The summed E-state index contributed by atoms with van der Waals surface area (Å²) in [6.45, 7) is 0.00679. The summed E-state index contributed by atoms with van der Waals surface area (Å²) in [4.78, 5) is 6.63. The average molecular weight is 387 g/mol. The summed E-state index contributed by atoms with van der Waals surface area (Å²) in [7, 11) is 1.97. The molecule has 9 heteroatoms. The van der Waals surface area contributed by atoms with Gasteiger partial charge in [0.25, 0.3) is 0 Å². The van der Waals surface area contributed by atoms with Crippen LogP contribution in [0.1, 0.15) is 11.1 Å². The fourth-order valence-corrected chi connectivity index (χ4v) is 4.01. The van der Waals surface area contributed by atoms with Crippen LogP contribution in [-0.4, -0.2) is 30.8 Å². The first kappa shape index (κ1) is 17.1. The normalized spacial score (nSPS) is 13.8. The molecule has 0 spiro atoms. The molecule has 2 N–H and O–H groups in total. The SMILES string of the molecule is Cn1c(SCN2C=C(c3cccc(CO)c3)ON2)nnc1-c1cccs1. The second-order valence-corrected chi connectivity index (χ2v) is 7.49. The number of hydrogen-bond donors (Lipinski definition) is 2. The van der Waals surface area contributed by atoms with E-state index in [1.165, 1.54) is 0 Å². The molecule has 0 bridgehead atoms. The summed E-state index contributed by atoms with van der Waals surface area (Å²) in [5, 5.41) is 22.5. The highest BCUT2D eigenvalue weighted by atomic mass is 32.2. The number of aliphatic hydroxyl groups excluding tert-OH is 1. The molecule has 2 aromatic heterocycles. The molecule has 1 aromatic carbocycles. The lowest BCUT2D eigenvalue weighted by Gasteiger charge is -2.12. The second-order valence-electron chi connectivity index (χ2n) is 5.63. The quantitative estimate of drug-likeness (QED) is 0.630. The maximum Gasteiger partial charge on any atom is 0.193 e. The van der Waals surface area contributed by atoms with E-state index in [4.69, 9.17) is 4.84 Å². The van der Waals surface area contributed by atoms with Crippen molar-refractivity contribution in [2.45, 2.75) is 11.8 Å². The highest BCUT2D eigenvalue weighted by molar-refractivity contribution is 7.99. The number of nitrogens with zero attached hydrogens (tertiary/aromatic N) is 4. The molecular weight excluding hydrogens is 370 g/mol. The number of benzene rings is 1. The fraction of sp³-hybridized carbons (Fsp3) is 0.176. The van der Waals surface area contributed by atoms with Gasteiger partial charge < -0.3 is 14.5 Å². The van der Waals surface area contributed by atoms with Crippen LogP contribution in [0.3, 0.4) is 0 Å². The predicted octanol–water partition coefficient (Wildman–Crippen LogP) is 2.84. The standard InChI is InChI=1S/C17H17N5O2S2/c1-21-16(15-6-3-7-25-15)18-19-17(21)26-11-22-9-14(24-20-22)13-5-2-4-12(8-13)10-23/h2-9,20,23H,10-11H2,1H3. The third-order valence-electron chi connectivity index (χ3n) is 3.85. The Balaban J connectivity index is 1.42. The van der Waals surface area contributed by atoms with Gasteiger partial charge in [-0.3, -0.25) is 5.01 Å². The molecule has 0 saturated heterocycles. The van der Waals surface area contributed by atoms with Gasteiger partial charge in [-0.25, -0.2) is 0 Å². The molecule has 1 aliphatic rings. The Kier molecular flexibility index (Phi) is 4.93. The Morgan fingerprint density at radius 1 is 1.27 bits per heavy atom. The van der Waals surface area contributed by atoms with Crippen molar-refractivity contribution >= 4 is 28.9 Å². The van der Waals surface area contributed by atoms with Gasteiger partial charge in [0.1, 0.15) is 0 Å². The zero-order valence-electron chi connectivity index (χ0n) is 14.0. The monoisotopic (exact) mass is 387 g/mol. The highest BCUT2D eigenvalue weighted by Gasteiger charge is 2.18. The largest absolute Gasteiger partial charge is 0.392 e. The molecular formula is C17H17N5O2S2. The minimum atomic E-state index is 0.00679. The summed E-state index contributed by atoms with van der Waals surface area (Å²) in [5.41, 5.74) is 4.63. The van der Waals surface area contributed by atoms with Crippen molar-refractivity contribution in [3.05, 3.63) is 59.1 Å². The summed E-state index contributed by atoms with van der Waals surface area (Å²) in [6, 6.07) is 11.7. The van der Waals surface area contributed by atoms with Crippen molar-refractivity contribution in [2.24, 2.45) is 7.05 Å². The molecule has 0 radical (unpaired) electrons. The van der Waals surface area contributed by atoms with Crippen molar-refractivity contribution in [1.29, 1.82) is 0 Å². The highest BCUT2D eigenvalue weighted by Crippen LogP contribution is 2.27. The minimum Gasteiger partial charge on any atom is -0.392 e. The van der Waals surface area contributed by atoms with E-state index in [2.05, 4.69) is 15.8 Å². The van der Waals surface area contributed by atoms with Crippen LogP contribution in [0.2, 0.25) is 0 Å². The number of aliphatic hydroxyl groups is 1. The van der Waals surface area contributed by atoms with E-state index in [-0.39, 0.29) is 6.61 Å². The first-order valence-electron chi connectivity index (χ1n) is 7.92. The van der Waals surface area contributed by atoms with Gasteiger partial charge in [-0.2, -0.15) is 0 Å². The van der Waals surface area contributed by atoms with Crippen LogP contribution < -0.4 is 5.59 Å². The number of aromatic nitrogens is 3. The minimum absolute atomic E-state index is 0.00679. The van der Waals surface area contributed by atoms with Gasteiger partial charge in [0, 0.05) is 12.6 Å². The Hall–Kier alpha value is -2.33. The van der Waals surface area contributed by atoms with E-state index in [1.54, 1.807) is 23.1 Å². The van der Waals surface area contributed by atoms with Gasteiger partial charge in [0.15, 0.2) is 16.7 Å². The molecule has 134 valence electrons. The topological polar surface area (TPSA) is 75.4 Å². The van der Waals surface area contributed by atoms with Crippen molar-refractivity contribution in [3.8, 4) is 10.7 Å². The lowest BCUT2D eigenvalue weighted by atomic mass is 10.1. The van der Waals surface area contributed by atoms with Gasteiger partial charge in [-0.05, 0) is 23.1 Å². The van der Waals surface area contributed by atoms with Crippen LogP contribution in [0.4, 0.5) is 0 Å². The van der Waals surface area contributed by atoms with Crippen molar-refractivity contribution in [3.63, 3.8) is 0 Å². The van der Waals surface area contributed by atoms with E-state index in [0.717, 1.165) is 27.0 Å². The first-order chi connectivity index (χ1) is 12.7. The van der Waals surface area contributed by atoms with Crippen LogP contribution in [0.15, 0.2) is 53.1 Å². The van der Waals surface area contributed by atoms with Gasteiger partial charge in [0.05, 0.1) is 23.6 Å². The fourth-order valence-electron chi connectivity index (χ4n) is 2.51. The lowest BCUT2D eigenvalue weighted by Crippen LogP contribution is -2.27. The van der Waals surface area contributed by atoms with Crippen LogP contribution in [0.5, 0.6) is 0 Å². The third-order valence-corrected chi connectivity index (χ3v) is 5.74. The van der Waals surface area contributed by atoms with Crippen LogP contribution >= 0.6 is 23.1 Å². The molecule has 4 rings (SSSR count). The van der Waals surface area contributed by atoms with Crippen molar-refractivity contribution < 1.29 is 9.94 Å². The molecule has 0 fully saturated rings. The Morgan fingerprint density at radius 2 is 2.19 bits per heavy atom. The molecule has 7 nitrogen and oxygen atoms in total. The van der Waals surface area contributed by atoms with Gasteiger partial charge in [-0.1, -0.05) is 41.6 Å². The van der Waals surface area contributed by atoms with Crippen molar-refractivity contribution in [1.82, 2.24) is 25.4 Å². The Bertz CT molecular complexity index is 923. The van der Waals surface area contributed by atoms with Crippen LogP contribution in [0, 0.1) is 0 Å². The Labute approximate surface area is 158 Å². The smallest absolute Gasteiger partial charge is 0.193 e. The third kappa shape index (κ3) is 3.47. The molecule has 0 saturated carbocycles. The average Bonchev–Trinajstić information content (AvgIpc) is 3.41. The van der Waals surface area contributed by atoms with Crippen molar-refractivity contribution in [2.75, 3.05) is 5.88 Å². The number of thiophene rings is 1. The van der Waals surface area contributed by atoms with Gasteiger partial charge in [-0.15, -0.1) is 21.5 Å². The van der Waals surface area contributed by atoms with E-state index < -0.39 is 0 Å². The van der Waals surface area contributed by atoms with Crippen LogP contribution in [-0.2, 0) is 18.5 Å². The summed E-state index contributed by atoms with van der Waals surface area (Å²) < 4.78 is 1.99. The van der Waals surface area contributed by atoms with E-state index in [1.807, 2.05) is 64.6 Å². The number of hydrazine groups is 1. The van der Waals surface area contributed by atoms with Crippen LogP contribution in [0.25, 0.3) is 16.5 Å². The maximum atomic E-state index is 9.26. The molecule has 1 aliphatic heterocycles. The molecule has 0 aliphatic carbocycles. The lowest BCUT2D eigenvalue weighted by molar-refractivity contribution is 0.0607. The molecule has 0 unspecified atom stereocenters. The second kappa shape index (κ2) is 7.50. The van der Waals surface area contributed by atoms with E-state index in [9.17, 15) is 5.11 Å². The molecule has 26 heavy (non-hydrogen) atoms. The molecule has 0 amide bonds. The number of rotatable bonds is 6. The molecule has 3 aromatic rings. The van der Waals surface area contributed by atoms with Gasteiger partial charge in [0.2, 0.25) is 0 Å². The number of hydrogen-bond acceptors (Lipinski definition) is 8. The summed E-state index contributed by atoms with van der Waals surface area (Å²) >= 11 is 3.21. The summed E-state index contributed by atoms with van der Waals surface area (Å²) in [5.74, 6) is 2.18. The summed E-state index contributed by atoms with van der Waals surface area (Å²) in [6.07, 6.45) is 1.89. The first-order valence-corrected chi connectivity index (χ1v) is 9.78. The van der Waals surface area contributed by atoms with E-state index in [0.29, 0.717) is 11.6 Å². The van der Waals surface area contributed by atoms with E-state index >= 15 is 0 Å². The maximum absolute atomic E-state index is 9.26. The van der Waals surface area contributed by atoms with Gasteiger partial charge >= 0.3 is 0 Å². The zero-order chi connectivity index (χ0) is 17.9. The number of nitrogens with one attached hydrogen (secondary N) is 1. The predicted molar refractivity (Wildman–Crippen MR) is 101 cm³/mol. The molecule has 0 atom stereocenters.